The maximum absolute atomic E-state index is 2.40. The lowest BCUT2D eigenvalue weighted by atomic mass is 9.69. The third kappa shape index (κ3) is 2.50. The normalized spacial score (nSPS) is 24.0. The summed E-state index contributed by atoms with van der Waals surface area (Å²) in [6.45, 7) is 9.48. The van der Waals surface area contributed by atoms with E-state index in [2.05, 4.69) is 27.7 Å². The van der Waals surface area contributed by atoms with E-state index in [0.29, 0.717) is 5.41 Å². The zero-order chi connectivity index (χ0) is 9.19. The average Bonchev–Trinajstić information content (AvgIpc) is 2.03. The van der Waals surface area contributed by atoms with Crippen molar-refractivity contribution in [3.05, 3.63) is 5.92 Å². The molecular weight excluding hydrogens is 144 g/mol. The van der Waals surface area contributed by atoms with Gasteiger partial charge < -0.3 is 0 Å². The van der Waals surface area contributed by atoms with Gasteiger partial charge in [-0.3, -0.25) is 0 Å². The van der Waals surface area contributed by atoms with E-state index in [1.807, 2.05) is 5.92 Å². The van der Waals surface area contributed by atoms with Crippen molar-refractivity contribution in [2.24, 2.45) is 11.3 Å². The maximum Gasteiger partial charge on any atom is -0.0208 e. The standard InChI is InChI=1S/C12H23/c1-10(12(2,3)4)11-8-6-5-7-9-11/h10H,5-9H2,1-4H3. The first-order valence-electron chi connectivity index (χ1n) is 5.36. The zero-order valence-corrected chi connectivity index (χ0v) is 9.11. The summed E-state index contributed by atoms with van der Waals surface area (Å²) in [5, 5.41) is 0. The number of hydrogen-bond donors (Lipinski definition) is 0. The average molecular weight is 167 g/mol. The molecule has 0 aromatic carbocycles. The molecule has 1 radical (unpaired) electrons. The van der Waals surface area contributed by atoms with E-state index in [9.17, 15) is 0 Å². The Morgan fingerprint density at radius 1 is 1.00 bits per heavy atom. The predicted molar refractivity (Wildman–Crippen MR) is 54.9 cm³/mol. The molecule has 1 fully saturated rings. The third-order valence-corrected chi connectivity index (χ3v) is 3.41. The molecule has 1 aliphatic rings. The van der Waals surface area contributed by atoms with Crippen molar-refractivity contribution in [1.82, 2.24) is 0 Å². The van der Waals surface area contributed by atoms with Gasteiger partial charge in [0.05, 0.1) is 0 Å². The van der Waals surface area contributed by atoms with Crippen LogP contribution in [0.4, 0.5) is 0 Å². The molecule has 0 bridgehead atoms. The Bertz CT molecular complexity index is 123. The highest BCUT2D eigenvalue weighted by molar-refractivity contribution is 5.00. The fraction of sp³-hybridized carbons (Fsp3) is 0.917. The molecule has 0 N–H and O–H groups in total. The van der Waals surface area contributed by atoms with Gasteiger partial charge in [0.2, 0.25) is 0 Å². The van der Waals surface area contributed by atoms with Crippen LogP contribution in [0.5, 0.6) is 0 Å². The van der Waals surface area contributed by atoms with Gasteiger partial charge >= 0.3 is 0 Å². The van der Waals surface area contributed by atoms with Crippen LogP contribution >= 0.6 is 0 Å². The van der Waals surface area contributed by atoms with E-state index in [1.165, 1.54) is 32.1 Å². The van der Waals surface area contributed by atoms with Crippen LogP contribution < -0.4 is 0 Å². The number of rotatable bonds is 1. The van der Waals surface area contributed by atoms with Crippen LogP contribution in [0.3, 0.4) is 0 Å². The van der Waals surface area contributed by atoms with Gasteiger partial charge in [-0.15, -0.1) is 0 Å². The summed E-state index contributed by atoms with van der Waals surface area (Å²) in [6, 6.07) is 0. The Kier molecular flexibility index (Phi) is 3.20. The van der Waals surface area contributed by atoms with Gasteiger partial charge in [0, 0.05) is 0 Å². The zero-order valence-electron chi connectivity index (χ0n) is 9.11. The molecule has 12 heavy (non-hydrogen) atoms. The van der Waals surface area contributed by atoms with Gasteiger partial charge in [-0.1, -0.05) is 47.0 Å². The molecular formula is C12H23. The van der Waals surface area contributed by atoms with E-state index in [1.54, 1.807) is 0 Å². The summed E-state index contributed by atoms with van der Waals surface area (Å²) in [5.74, 6) is 2.64. The second-order valence-electron chi connectivity index (χ2n) is 5.31. The lowest BCUT2D eigenvalue weighted by molar-refractivity contribution is 0.244. The summed E-state index contributed by atoms with van der Waals surface area (Å²) in [7, 11) is 0. The van der Waals surface area contributed by atoms with E-state index < -0.39 is 0 Å². The smallest absolute Gasteiger partial charge is 0.0208 e. The first-order chi connectivity index (χ1) is 5.52. The minimum Gasteiger partial charge on any atom is -0.0615 e. The van der Waals surface area contributed by atoms with E-state index >= 15 is 0 Å². The molecule has 1 unspecified atom stereocenters. The van der Waals surface area contributed by atoms with Crippen molar-refractivity contribution in [2.75, 3.05) is 0 Å². The molecule has 0 heteroatoms. The van der Waals surface area contributed by atoms with E-state index in [-0.39, 0.29) is 0 Å². The van der Waals surface area contributed by atoms with E-state index in [4.69, 9.17) is 0 Å². The fourth-order valence-electron chi connectivity index (χ4n) is 2.05. The van der Waals surface area contributed by atoms with Gasteiger partial charge in [0.1, 0.15) is 0 Å². The Morgan fingerprint density at radius 2 is 1.50 bits per heavy atom. The van der Waals surface area contributed by atoms with Crippen LogP contribution in [0.15, 0.2) is 0 Å². The molecule has 0 aromatic heterocycles. The molecule has 1 aliphatic carbocycles. The summed E-state index contributed by atoms with van der Waals surface area (Å²) in [4.78, 5) is 0. The first kappa shape index (κ1) is 10.1. The van der Waals surface area contributed by atoms with Crippen molar-refractivity contribution >= 4 is 0 Å². The van der Waals surface area contributed by atoms with Crippen molar-refractivity contribution in [2.45, 2.75) is 59.8 Å². The molecule has 0 amide bonds. The van der Waals surface area contributed by atoms with Gasteiger partial charge in [-0.05, 0) is 30.1 Å². The fourth-order valence-corrected chi connectivity index (χ4v) is 2.05. The molecule has 1 atom stereocenters. The number of hydrogen-bond acceptors (Lipinski definition) is 0. The van der Waals surface area contributed by atoms with Gasteiger partial charge in [0.15, 0.2) is 0 Å². The van der Waals surface area contributed by atoms with Crippen molar-refractivity contribution < 1.29 is 0 Å². The SMILES string of the molecule is CC([C]1CCCCC1)C(C)(C)C. The molecule has 0 spiro atoms. The Hall–Kier alpha value is 0. The molecule has 0 nitrogen and oxygen atoms in total. The summed E-state index contributed by atoms with van der Waals surface area (Å²) < 4.78 is 0. The lowest BCUT2D eigenvalue weighted by Crippen LogP contribution is -2.25. The van der Waals surface area contributed by atoms with Crippen molar-refractivity contribution in [3.8, 4) is 0 Å². The van der Waals surface area contributed by atoms with Crippen LogP contribution in [-0.4, -0.2) is 0 Å². The van der Waals surface area contributed by atoms with Gasteiger partial charge in [0.25, 0.3) is 0 Å². The Balaban J connectivity index is 2.45. The highest BCUT2D eigenvalue weighted by atomic mass is 14.3. The third-order valence-electron chi connectivity index (χ3n) is 3.41. The molecule has 0 aromatic rings. The van der Waals surface area contributed by atoms with Crippen LogP contribution in [-0.2, 0) is 0 Å². The summed E-state index contributed by atoms with van der Waals surface area (Å²) in [5.41, 5.74) is 0.479. The monoisotopic (exact) mass is 167 g/mol. The first-order valence-corrected chi connectivity index (χ1v) is 5.36. The van der Waals surface area contributed by atoms with E-state index in [0.717, 1.165) is 5.92 Å². The van der Waals surface area contributed by atoms with Crippen molar-refractivity contribution in [1.29, 1.82) is 0 Å². The highest BCUT2D eigenvalue weighted by Crippen LogP contribution is 2.40. The van der Waals surface area contributed by atoms with Gasteiger partial charge in [-0.2, -0.15) is 0 Å². The molecule has 71 valence electrons. The lowest BCUT2D eigenvalue weighted by Gasteiger charge is -2.36. The second kappa shape index (κ2) is 3.81. The van der Waals surface area contributed by atoms with Crippen molar-refractivity contribution in [3.63, 3.8) is 0 Å². The predicted octanol–water partition coefficient (Wildman–Crippen LogP) is 4.21. The quantitative estimate of drug-likeness (QED) is 0.549. The van der Waals surface area contributed by atoms with Crippen LogP contribution in [0.2, 0.25) is 0 Å². The Morgan fingerprint density at radius 3 is 1.92 bits per heavy atom. The highest BCUT2D eigenvalue weighted by Gasteiger charge is 2.29. The Labute approximate surface area is 77.7 Å². The van der Waals surface area contributed by atoms with Crippen LogP contribution in [0.1, 0.15) is 59.8 Å². The van der Waals surface area contributed by atoms with Crippen LogP contribution in [0.25, 0.3) is 0 Å². The molecule has 1 saturated carbocycles. The topological polar surface area (TPSA) is 0 Å². The molecule has 0 aliphatic heterocycles. The van der Waals surface area contributed by atoms with Gasteiger partial charge in [-0.25, -0.2) is 0 Å². The second-order valence-corrected chi connectivity index (χ2v) is 5.31. The summed E-state index contributed by atoms with van der Waals surface area (Å²) >= 11 is 0. The molecule has 1 rings (SSSR count). The largest absolute Gasteiger partial charge is 0.0615 e. The van der Waals surface area contributed by atoms with Crippen LogP contribution in [0, 0.1) is 17.3 Å². The molecule has 0 saturated heterocycles. The minimum atomic E-state index is 0.479. The molecule has 0 heterocycles. The maximum atomic E-state index is 2.40. The minimum absolute atomic E-state index is 0.479. The summed E-state index contributed by atoms with van der Waals surface area (Å²) in [6.07, 6.45) is 7.14.